The molecular weight excluding hydrogens is 214 g/mol. The average Bonchev–Trinajstić information content (AvgIpc) is 2.78. The minimum Gasteiger partial charge on any atom is -0.481 e. The molecule has 0 aliphatic carbocycles. The molecular formula is C14H27NO2. The van der Waals surface area contributed by atoms with Crippen LogP contribution in [-0.2, 0) is 4.79 Å². The smallest absolute Gasteiger partial charge is 0.310 e. The molecule has 1 fully saturated rings. The van der Waals surface area contributed by atoms with Gasteiger partial charge in [0.1, 0.15) is 0 Å². The maximum absolute atomic E-state index is 11.3. The Labute approximate surface area is 105 Å². The van der Waals surface area contributed by atoms with Crippen LogP contribution in [0.15, 0.2) is 0 Å². The quantitative estimate of drug-likeness (QED) is 0.609. The summed E-state index contributed by atoms with van der Waals surface area (Å²) >= 11 is 0. The molecule has 0 radical (unpaired) electrons. The van der Waals surface area contributed by atoms with Crippen LogP contribution in [0.5, 0.6) is 0 Å². The van der Waals surface area contributed by atoms with Gasteiger partial charge in [-0.25, -0.2) is 0 Å². The number of hydrogen-bond donors (Lipinski definition) is 2. The van der Waals surface area contributed by atoms with E-state index in [1.807, 2.05) is 0 Å². The third kappa shape index (κ3) is 4.66. The minimum atomic E-state index is -0.603. The second kappa shape index (κ2) is 7.70. The molecule has 1 saturated heterocycles. The highest BCUT2D eigenvalue weighted by Crippen LogP contribution is 2.32. The van der Waals surface area contributed by atoms with Crippen LogP contribution in [0.4, 0.5) is 0 Å². The first-order chi connectivity index (χ1) is 8.21. The normalized spacial score (nSPS) is 24.1. The number of nitrogens with one attached hydrogen (secondary N) is 1. The number of carboxylic acids is 1. The van der Waals surface area contributed by atoms with Crippen LogP contribution < -0.4 is 5.32 Å². The molecule has 0 amide bonds. The van der Waals surface area contributed by atoms with E-state index in [1.165, 1.54) is 38.5 Å². The topological polar surface area (TPSA) is 49.3 Å². The Bertz CT molecular complexity index is 222. The van der Waals surface area contributed by atoms with E-state index in [1.54, 1.807) is 0 Å². The van der Waals surface area contributed by atoms with E-state index in [-0.39, 0.29) is 0 Å². The summed E-state index contributed by atoms with van der Waals surface area (Å²) in [5, 5.41) is 12.5. The molecule has 1 aliphatic rings. The van der Waals surface area contributed by atoms with Gasteiger partial charge in [-0.05, 0) is 19.4 Å². The monoisotopic (exact) mass is 241 g/mol. The summed E-state index contributed by atoms with van der Waals surface area (Å²) in [6.45, 7) is 3.75. The zero-order valence-corrected chi connectivity index (χ0v) is 11.1. The van der Waals surface area contributed by atoms with Gasteiger partial charge in [0.25, 0.3) is 0 Å². The van der Waals surface area contributed by atoms with Crippen LogP contribution in [-0.4, -0.2) is 24.2 Å². The molecule has 0 spiro atoms. The van der Waals surface area contributed by atoms with E-state index in [4.69, 9.17) is 0 Å². The summed E-state index contributed by atoms with van der Waals surface area (Å²) in [7, 11) is 0. The van der Waals surface area contributed by atoms with Gasteiger partial charge in [-0.15, -0.1) is 0 Å². The molecule has 0 aromatic heterocycles. The van der Waals surface area contributed by atoms with Gasteiger partial charge >= 0.3 is 5.97 Å². The lowest BCUT2D eigenvalue weighted by Gasteiger charge is -2.22. The van der Waals surface area contributed by atoms with Crippen molar-refractivity contribution < 1.29 is 9.90 Å². The van der Waals surface area contributed by atoms with Crippen LogP contribution in [0.25, 0.3) is 0 Å². The summed E-state index contributed by atoms with van der Waals surface area (Å²) in [6, 6.07) is 0. The van der Waals surface area contributed by atoms with Crippen molar-refractivity contribution in [1.82, 2.24) is 5.32 Å². The lowest BCUT2D eigenvalue weighted by atomic mass is 9.82. The molecule has 100 valence electrons. The molecule has 3 heteroatoms. The summed E-state index contributed by atoms with van der Waals surface area (Å²) in [6.07, 6.45) is 10.5. The van der Waals surface area contributed by atoms with E-state index >= 15 is 0 Å². The van der Waals surface area contributed by atoms with E-state index in [0.717, 1.165) is 25.8 Å². The Morgan fingerprint density at radius 2 is 1.82 bits per heavy atom. The van der Waals surface area contributed by atoms with Crippen LogP contribution in [0.2, 0.25) is 0 Å². The largest absolute Gasteiger partial charge is 0.481 e. The molecule has 0 aromatic rings. The molecule has 0 saturated carbocycles. The maximum atomic E-state index is 11.3. The van der Waals surface area contributed by atoms with Gasteiger partial charge in [0.05, 0.1) is 5.41 Å². The highest BCUT2D eigenvalue weighted by molar-refractivity contribution is 5.75. The van der Waals surface area contributed by atoms with Gasteiger partial charge in [-0.2, -0.15) is 0 Å². The van der Waals surface area contributed by atoms with Crippen molar-refractivity contribution in [2.24, 2.45) is 5.41 Å². The number of carbonyl (C=O) groups is 1. The van der Waals surface area contributed by atoms with Crippen molar-refractivity contribution >= 4 is 5.97 Å². The Morgan fingerprint density at radius 1 is 1.18 bits per heavy atom. The molecule has 1 unspecified atom stereocenters. The molecule has 2 N–H and O–H groups in total. The fourth-order valence-corrected chi connectivity index (χ4v) is 2.67. The predicted molar refractivity (Wildman–Crippen MR) is 70.2 cm³/mol. The fraction of sp³-hybridized carbons (Fsp3) is 0.929. The number of unbranched alkanes of at least 4 members (excludes halogenated alkanes) is 6. The lowest BCUT2D eigenvalue weighted by molar-refractivity contribution is -0.148. The van der Waals surface area contributed by atoms with E-state index in [2.05, 4.69) is 12.2 Å². The van der Waals surface area contributed by atoms with E-state index < -0.39 is 11.4 Å². The second-order valence-electron chi connectivity index (χ2n) is 5.38. The van der Waals surface area contributed by atoms with Gasteiger partial charge in [-0.1, -0.05) is 51.9 Å². The average molecular weight is 241 g/mol. The zero-order valence-electron chi connectivity index (χ0n) is 11.1. The number of aliphatic carboxylic acids is 1. The zero-order chi connectivity index (χ0) is 12.6. The van der Waals surface area contributed by atoms with Gasteiger partial charge in [0.15, 0.2) is 0 Å². The SMILES string of the molecule is CCCCCCCCCC1(C(=O)O)CCNC1. The Kier molecular flexibility index (Phi) is 6.56. The van der Waals surface area contributed by atoms with Crippen LogP contribution in [0, 0.1) is 5.41 Å². The summed E-state index contributed by atoms with van der Waals surface area (Å²) in [5.74, 6) is -0.603. The molecule has 17 heavy (non-hydrogen) atoms. The fourth-order valence-electron chi connectivity index (χ4n) is 2.67. The molecule has 1 aliphatic heterocycles. The van der Waals surface area contributed by atoms with Crippen molar-refractivity contribution in [3.05, 3.63) is 0 Å². The van der Waals surface area contributed by atoms with Gasteiger partial charge in [0.2, 0.25) is 0 Å². The lowest BCUT2D eigenvalue weighted by Crippen LogP contribution is -2.33. The number of carboxylic acid groups (broad SMARTS) is 1. The van der Waals surface area contributed by atoms with Crippen molar-refractivity contribution in [2.75, 3.05) is 13.1 Å². The second-order valence-corrected chi connectivity index (χ2v) is 5.38. The van der Waals surface area contributed by atoms with Gasteiger partial charge in [-0.3, -0.25) is 4.79 Å². The Balaban J connectivity index is 2.10. The third-order valence-electron chi connectivity index (χ3n) is 3.96. The first kappa shape index (κ1) is 14.5. The summed E-state index contributed by atoms with van der Waals surface area (Å²) in [4.78, 5) is 11.3. The molecule has 0 bridgehead atoms. The van der Waals surface area contributed by atoms with Crippen LogP contribution >= 0.6 is 0 Å². The molecule has 1 rings (SSSR count). The van der Waals surface area contributed by atoms with Crippen LogP contribution in [0.1, 0.15) is 64.7 Å². The Morgan fingerprint density at radius 3 is 2.35 bits per heavy atom. The first-order valence-corrected chi connectivity index (χ1v) is 7.15. The predicted octanol–water partition coefficient (Wildman–Crippen LogP) is 3.19. The minimum absolute atomic E-state index is 0.455. The summed E-state index contributed by atoms with van der Waals surface area (Å²) in [5.41, 5.74) is -0.455. The number of hydrogen-bond acceptors (Lipinski definition) is 2. The van der Waals surface area contributed by atoms with Crippen molar-refractivity contribution in [3.63, 3.8) is 0 Å². The van der Waals surface area contributed by atoms with Crippen molar-refractivity contribution in [3.8, 4) is 0 Å². The van der Waals surface area contributed by atoms with Gasteiger partial charge < -0.3 is 10.4 Å². The third-order valence-corrected chi connectivity index (χ3v) is 3.96. The summed E-state index contributed by atoms with van der Waals surface area (Å²) < 4.78 is 0. The standard InChI is InChI=1S/C14H27NO2/c1-2-3-4-5-6-7-8-9-14(13(16)17)10-11-15-12-14/h15H,2-12H2,1H3,(H,16,17). The van der Waals surface area contributed by atoms with Crippen molar-refractivity contribution in [2.45, 2.75) is 64.7 Å². The molecule has 0 aromatic carbocycles. The maximum Gasteiger partial charge on any atom is 0.310 e. The Hall–Kier alpha value is -0.570. The van der Waals surface area contributed by atoms with Crippen LogP contribution in [0.3, 0.4) is 0 Å². The van der Waals surface area contributed by atoms with E-state index in [0.29, 0.717) is 6.54 Å². The first-order valence-electron chi connectivity index (χ1n) is 7.15. The van der Waals surface area contributed by atoms with Gasteiger partial charge in [0, 0.05) is 6.54 Å². The van der Waals surface area contributed by atoms with Crippen molar-refractivity contribution in [1.29, 1.82) is 0 Å². The highest BCUT2D eigenvalue weighted by Gasteiger charge is 2.40. The highest BCUT2D eigenvalue weighted by atomic mass is 16.4. The molecule has 1 heterocycles. The van der Waals surface area contributed by atoms with E-state index in [9.17, 15) is 9.90 Å². The number of rotatable bonds is 9. The molecule has 3 nitrogen and oxygen atoms in total. The molecule has 1 atom stereocenters.